The van der Waals surface area contributed by atoms with E-state index in [1.165, 1.54) is 25.3 Å². The molecule has 0 aliphatic rings. The number of furan rings is 1. The third-order valence-corrected chi connectivity index (χ3v) is 3.60. The molecule has 25 heavy (non-hydrogen) atoms. The number of nitro groups is 1. The van der Waals surface area contributed by atoms with Crippen LogP contribution >= 0.6 is 0 Å². The first-order chi connectivity index (χ1) is 11.9. The molecule has 0 saturated carbocycles. The monoisotopic (exact) mass is 348 g/mol. The van der Waals surface area contributed by atoms with E-state index in [-0.39, 0.29) is 24.0 Å². The molecule has 0 unspecified atom stereocenters. The molecule has 134 valence electrons. The SMILES string of the molecule is COc1ccc(NC(=O)NC[C@H](c2ccco2)N(C)C)c([N+](=O)[O-])c1. The second-order valence-electron chi connectivity index (χ2n) is 5.47. The summed E-state index contributed by atoms with van der Waals surface area (Å²) < 4.78 is 10.3. The van der Waals surface area contributed by atoms with Crippen LogP contribution in [0.5, 0.6) is 5.75 Å². The predicted octanol–water partition coefficient (Wildman–Crippen LogP) is 2.62. The molecule has 1 heterocycles. The van der Waals surface area contributed by atoms with Gasteiger partial charge >= 0.3 is 6.03 Å². The standard InChI is InChI=1S/C16H20N4O5/c1-19(2)14(15-5-4-8-25-15)10-17-16(21)18-12-7-6-11(24-3)9-13(12)20(22)23/h4-9,14H,10H2,1-3H3,(H2,17,18,21)/t14-/m1/s1. The maximum atomic E-state index is 12.1. The van der Waals surface area contributed by atoms with Crippen molar-refractivity contribution in [1.29, 1.82) is 0 Å². The van der Waals surface area contributed by atoms with Gasteiger partial charge in [-0.3, -0.25) is 15.0 Å². The van der Waals surface area contributed by atoms with Gasteiger partial charge in [0.05, 0.1) is 30.4 Å². The summed E-state index contributed by atoms with van der Waals surface area (Å²) in [7, 11) is 5.14. The Balaban J connectivity index is 2.04. The lowest BCUT2D eigenvalue weighted by Crippen LogP contribution is -2.36. The number of carbonyl (C=O) groups excluding carboxylic acids is 1. The largest absolute Gasteiger partial charge is 0.496 e. The number of anilines is 1. The first kappa shape index (κ1) is 18.3. The van der Waals surface area contributed by atoms with Gasteiger partial charge in [0.2, 0.25) is 0 Å². The minimum absolute atomic E-state index is 0.0858. The van der Waals surface area contributed by atoms with Crippen LogP contribution in [-0.4, -0.2) is 43.6 Å². The minimum Gasteiger partial charge on any atom is -0.496 e. The van der Waals surface area contributed by atoms with Crippen LogP contribution in [0.1, 0.15) is 11.8 Å². The van der Waals surface area contributed by atoms with Gasteiger partial charge in [-0.1, -0.05) is 0 Å². The van der Waals surface area contributed by atoms with E-state index in [2.05, 4.69) is 10.6 Å². The predicted molar refractivity (Wildman–Crippen MR) is 91.8 cm³/mol. The van der Waals surface area contributed by atoms with Gasteiger partial charge in [0, 0.05) is 6.54 Å². The molecule has 2 N–H and O–H groups in total. The molecule has 1 aromatic carbocycles. The summed E-state index contributed by atoms with van der Waals surface area (Å²) >= 11 is 0. The van der Waals surface area contributed by atoms with Gasteiger partial charge in [0.15, 0.2) is 0 Å². The van der Waals surface area contributed by atoms with Crippen molar-refractivity contribution in [2.75, 3.05) is 33.1 Å². The maximum absolute atomic E-state index is 12.1. The highest BCUT2D eigenvalue weighted by Gasteiger charge is 2.20. The van der Waals surface area contributed by atoms with Crippen molar-refractivity contribution < 1.29 is 18.9 Å². The highest BCUT2D eigenvalue weighted by Crippen LogP contribution is 2.28. The van der Waals surface area contributed by atoms with Crippen molar-refractivity contribution in [3.63, 3.8) is 0 Å². The van der Waals surface area contributed by atoms with Crippen LogP contribution in [0.2, 0.25) is 0 Å². The number of nitro benzene ring substituents is 1. The van der Waals surface area contributed by atoms with Crippen molar-refractivity contribution >= 4 is 17.4 Å². The summed E-state index contributed by atoms with van der Waals surface area (Å²) in [5, 5.41) is 16.3. The zero-order valence-corrected chi connectivity index (χ0v) is 14.2. The zero-order valence-electron chi connectivity index (χ0n) is 14.2. The molecule has 2 rings (SSSR count). The molecule has 0 spiro atoms. The first-order valence-corrected chi connectivity index (χ1v) is 7.49. The van der Waals surface area contributed by atoms with Crippen LogP contribution in [0.4, 0.5) is 16.2 Å². The third-order valence-electron chi connectivity index (χ3n) is 3.60. The van der Waals surface area contributed by atoms with Gasteiger partial charge < -0.3 is 19.8 Å². The number of likely N-dealkylation sites (N-methyl/N-ethyl adjacent to an activating group) is 1. The topological polar surface area (TPSA) is 110 Å². The van der Waals surface area contributed by atoms with Gasteiger partial charge in [-0.2, -0.15) is 0 Å². The fourth-order valence-corrected chi connectivity index (χ4v) is 2.27. The number of hydrogen-bond donors (Lipinski definition) is 2. The van der Waals surface area contributed by atoms with E-state index < -0.39 is 11.0 Å². The van der Waals surface area contributed by atoms with Gasteiger partial charge in [0.1, 0.15) is 17.2 Å². The fraction of sp³-hybridized carbons (Fsp3) is 0.312. The lowest BCUT2D eigenvalue weighted by Gasteiger charge is -2.22. The Hall–Kier alpha value is -3.07. The molecule has 2 aromatic rings. The van der Waals surface area contributed by atoms with Crippen LogP contribution in [0.15, 0.2) is 41.0 Å². The lowest BCUT2D eigenvalue weighted by atomic mass is 10.2. The van der Waals surface area contributed by atoms with Crippen molar-refractivity contribution in [2.24, 2.45) is 0 Å². The van der Waals surface area contributed by atoms with E-state index in [0.29, 0.717) is 11.5 Å². The number of amides is 2. The molecule has 0 bridgehead atoms. The first-order valence-electron chi connectivity index (χ1n) is 7.49. The number of methoxy groups -OCH3 is 1. The maximum Gasteiger partial charge on any atom is 0.319 e. The summed E-state index contributed by atoms with van der Waals surface area (Å²) in [6.07, 6.45) is 1.56. The average molecular weight is 348 g/mol. The summed E-state index contributed by atoms with van der Waals surface area (Å²) in [6, 6.07) is 7.09. The number of urea groups is 1. The normalized spacial score (nSPS) is 11.8. The molecule has 1 aromatic heterocycles. The second-order valence-corrected chi connectivity index (χ2v) is 5.47. The Morgan fingerprint density at radius 3 is 2.72 bits per heavy atom. The average Bonchev–Trinajstić information content (AvgIpc) is 3.09. The molecule has 9 nitrogen and oxygen atoms in total. The van der Waals surface area contributed by atoms with Crippen LogP contribution in [0, 0.1) is 10.1 Å². The Labute approximate surface area is 144 Å². The Bertz CT molecular complexity index is 730. The number of hydrogen-bond acceptors (Lipinski definition) is 6. The smallest absolute Gasteiger partial charge is 0.319 e. The number of ether oxygens (including phenoxy) is 1. The van der Waals surface area contributed by atoms with Gasteiger partial charge in [0.25, 0.3) is 5.69 Å². The van der Waals surface area contributed by atoms with Crippen molar-refractivity contribution in [3.8, 4) is 5.75 Å². The van der Waals surface area contributed by atoms with Gasteiger partial charge in [-0.05, 0) is 38.4 Å². The van der Waals surface area contributed by atoms with E-state index in [1.54, 1.807) is 12.3 Å². The number of benzene rings is 1. The number of carbonyl (C=O) groups is 1. The molecule has 2 amide bonds. The molecule has 9 heteroatoms. The second kappa shape index (κ2) is 8.15. The molecule has 0 fully saturated rings. The molecular weight excluding hydrogens is 328 g/mol. The number of nitrogens with zero attached hydrogens (tertiary/aromatic N) is 2. The fourth-order valence-electron chi connectivity index (χ4n) is 2.27. The number of rotatable bonds is 7. The molecule has 0 aliphatic carbocycles. The van der Waals surface area contributed by atoms with Gasteiger partial charge in [-0.15, -0.1) is 0 Å². The summed E-state index contributed by atoms with van der Waals surface area (Å²) in [5.74, 6) is 1.05. The van der Waals surface area contributed by atoms with E-state index in [1.807, 2.05) is 25.1 Å². The molecular formula is C16H20N4O5. The Morgan fingerprint density at radius 2 is 2.16 bits per heavy atom. The van der Waals surface area contributed by atoms with Crippen LogP contribution in [-0.2, 0) is 0 Å². The van der Waals surface area contributed by atoms with Crippen LogP contribution in [0.25, 0.3) is 0 Å². The van der Waals surface area contributed by atoms with E-state index in [4.69, 9.17) is 9.15 Å². The molecule has 0 saturated heterocycles. The van der Waals surface area contributed by atoms with Crippen LogP contribution in [0.3, 0.4) is 0 Å². The number of nitrogens with one attached hydrogen (secondary N) is 2. The quantitative estimate of drug-likeness (QED) is 0.588. The summed E-state index contributed by atoms with van der Waals surface area (Å²) in [5.41, 5.74) is -0.160. The molecule has 0 aliphatic heterocycles. The summed E-state index contributed by atoms with van der Waals surface area (Å²) in [6.45, 7) is 0.274. The van der Waals surface area contributed by atoms with Gasteiger partial charge in [-0.25, -0.2) is 4.79 Å². The van der Waals surface area contributed by atoms with E-state index in [9.17, 15) is 14.9 Å². The van der Waals surface area contributed by atoms with Crippen molar-refractivity contribution in [3.05, 3.63) is 52.5 Å². The molecule has 1 atom stereocenters. The third kappa shape index (κ3) is 4.70. The summed E-state index contributed by atoms with van der Waals surface area (Å²) in [4.78, 5) is 24.6. The van der Waals surface area contributed by atoms with E-state index in [0.717, 1.165) is 0 Å². The van der Waals surface area contributed by atoms with E-state index >= 15 is 0 Å². The Kier molecular flexibility index (Phi) is 5.96. The van der Waals surface area contributed by atoms with Crippen LogP contribution < -0.4 is 15.4 Å². The highest BCUT2D eigenvalue weighted by molar-refractivity contribution is 5.92. The highest BCUT2D eigenvalue weighted by atomic mass is 16.6. The Morgan fingerprint density at radius 1 is 1.40 bits per heavy atom. The van der Waals surface area contributed by atoms with Crippen molar-refractivity contribution in [1.82, 2.24) is 10.2 Å². The minimum atomic E-state index is -0.580. The zero-order chi connectivity index (χ0) is 18.4. The van der Waals surface area contributed by atoms with Crippen molar-refractivity contribution in [2.45, 2.75) is 6.04 Å². The lowest BCUT2D eigenvalue weighted by molar-refractivity contribution is -0.384. The molecule has 0 radical (unpaired) electrons.